The fourth-order valence-electron chi connectivity index (χ4n) is 2.00. The summed E-state index contributed by atoms with van der Waals surface area (Å²) in [7, 11) is 1.94. The number of likely N-dealkylation sites (N-methyl/N-ethyl adjacent to an activating group) is 1. The molecule has 0 radical (unpaired) electrons. The SMILES string of the molecule is CC(C)CNC(=O)[C@@H](C)N(C)Cc1ccc2nonc2c1. The summed E-state index contributed by atoms with van der Waals surface area (Å²) >= 11 is 0. The summed E-state index contributed by atoms with van der Waals surface area (Å²) in [6.07, 6.45) is 0. The number of fused-ring (bicyclic) bond motifs is 1. The van der Waals surface area contributed by atoms with Crippen molar-refractivity contribution in [2.45, 2.75) is 33.4 Å². The molecule has 0 aliphatic heterocycles. The molecule has 0 fully saturated rings. The van der Waals surface area contributed by atoms with Crippen molar-refractivity contribution in [1.29, 1.82) is 0 Å². The van der Waals surface area contributed by atoms with Gasteiger partial charge in [-0.3, -0.25) is 9.69 Å². The predicted molar refractivity (Wildman–Crippen MR) is 80.6 cm³/mol. The van der Waals surface area contributed by atoms with Gasteiger partial charge in [0.25, 0.3) is 0 Å². The standard InChI is InChI=1S/C15H22N4O2/c1-10(2)8-16-15(20)11(3)19(4)9-12-5-6-13-14(7-12)18-21-17-13/h5-7,10-11H,8-9H2,1-4H3,(H,16,20)/t11-/m1/s1. The summed E-state index contributed by atoms with van der Waals surface area (Å²) in [4.78, 5) is 14.1. The lowest BCUT2D eigenvalue weighted by molar-refractivity contribution is -0.125. The molecule has 21 heavy (non-hydrogen) atoms. The topological polar surface area (TPSA) is 71.3 Å². The second-order valence-electron chi connectivity index (χ2n) is 5.82. The Labute approximate surface area is 124 Å². The molecule has 1 atom stereocenters. The van der Waals surface area contributed by atoms with Crippen molar-refractivity contribution in [3.05, 3.63) is 23.8 Å². The molecule has 0 aliphatic rings. The maximum absolute atomic E-state index is 12.1. The van der Waals surface area contributed by atoms with Gasteiger partial charge in [0.2, 0.25) is 5.91 Å². The van der Waals surface area contributed by atoms with E-state index in [0.717, 1.165) is 16.6 Å². The quantitative estimate of drug-likeness (QED) is 0.878. The van der Waals surface area contributed by atoms with Crippen LogP contribution in [0.4, 0.5) is 0 Å². The highest BCUT2D eigenvalue weighted by Crippen LogP contribution is 2.14. The highest BCUT2D eigenvalue weighted by atomic mass is 16.6. The van der Waals surface area contributed by atoms with Crippen LogP contribution in [0.3, 0.4) is 0 Å². The second kappa shape index (κ2) is 6.67. The number of carbonyl (C=O) groups excluding carboxylic acids is 1. The molecule has 0 bridgehead atoms. The molecular weight excluding hydrogens is 268 g/mol. The van der Waals surface area contributed by atoms with E-state index in [2.05, 4.69) is 34.1 Å². The monoisotopic (exact) mass is 290 g/mol. The average Bonchev–Trinajstić information content (AvgIpc) is 2.91. The summed E-state index contributed by atoms with van der Waals surface area (Å²) < 4.78 is 4.69. The van der Waals surface area contributed by atoms with E-state index in [1.165, 1.54) is 0 Å². The lowest BCUT2D eigenvalue weighted by Crippen LogP contribution is -2.43. The number of hydrogen-bond acceptors (Lipinski definition) is 5. The third-order valence-electron chi connectivity index (χ3n) is 3.48. The smallest absolute Gasteiger partial charge is 0.237 e. The molecule has 0 spiro atoms. The van der Waals surface area contributed by atoms with Gasteiger partial charge in [-0.25, -0.2) is 4.63 Å². The summed E-state index contributed by atoms with van der Waals surface area (Å²) in [5, 5.41) is 10.6. The second-order valence-corrected chi connectivity index (χ2v) is 5.82. The van der Waals surface area contributed by atoms with Gasteiger partial charge in [0.1, 0.15) is 11.0 Å². The molecule has 0 unspecified atom stereocenters. The van der Waals surface area contributed by atoms with E-state index >= 15 is 0 Å². The zero-order valence-electron chi connectivity index (χ0n) is 13.0. The molecule has 0 saturated heterocycles. The minimum atomic E-state index is -0.185. The zero-order chi connectivity index (χ0) is 15.4. The molecule has 0 saturated carbocycles. The fraction of sp³-hybridized carbons (Fsp3) is 0.533. The van der Waals surface area contributed by atoms with E-state index in [1.54, 1.807) is 0 Å². The van der Waals surface area contributed by atoms with Gasteiger partial charge in [0, 0.05) is 13.1 Å². The molecule has 6 heteroatoms. The number of hydrogen-bond donors (Lipinski definition) is 1. The third kappa shape index (κ3) is 4.01. The number of aromatic nitrogens is 2. The van der Waals surface area contributed by atoms with Gasteiger partial charge >= 0.3 is 0 Å². The Kier molecular flexibility index (Phi) is 4.90. The normalized spacial score (nSPS) is 13.0. The Balaban J connectivity index is 1.96. The summed E-state index contributed by atoms with van der Waals surface area (Å²) in [5.41, 5.74) is 2.55. The molecule has 1 aromatic carbocycles. The molecule has 114 valence electrons. The molecule has 0 aliphatic carbocycles. The van der Waals surface area contributed by atoms with Gasteiger partial charge < -0.3 is 5.32 Å². The Morgan fingerprint density at radius 1 is 1.29 bits per heavy atom. The Morgan fingerprint density at radius 2 is 2.00 bits per heavy atom. The number of nitrogens with one attached hydrogen (secondary N) is 1. The lowest BCUT2D eigenvalue weighted by Gasteiger charge is -2.24. The number of amides is 1. The lowest BCUT2D eigenvalue weighted by atomic mass is 10.1. The van der Waals surface area contributed by atoms with Crippen LogP contribution >= 0.6 is 0 Å². The van der Waals surface area contributed by atoms with Gasteiger partial charge in [0.15, 0.2) is 0 Å². The summed E-state index contributed by atoms with van der Waals surface area (Å²) in [6, 6.07) is 5.59. The van der Waals surface area contributed by atoms with Crippen molar-refractivity contribution in [1.82, 2.24) is 20.5 Å². The van der Waals surface area contributed by atoms with Crippen molar-refractivity contribution in [2.75, 3.05) is 13.6 Å². The van der Waals surface area contributed by atoms with Crippen LogP contribution in [-0.4, -0.2) is 40.8 Å². The first kappa shape index (κ1) is 15.4. The van der Waals surface area contributed by atoms with E-state index < -0.39 is 0 Å². The van der Waals surface area contributed by atoms with Crippen molar-refractivity contribution in [3.8, 4) is 0 Å². The van der Waals surface area contributed by atoms with E-state index in [4.69, 9.17) is 0 Å². The molecular formula is C15H22N4O2. The van der Waals surface area contributed by atoms with Crippen LogP contribution in [0.15, 0.2) is 22.8 Å². The minimum absolute atomic E-state index is 0.0513. The molecule has 2 rings (SSSR count). The van der Waals surface area contributed by atoms with Crippen molar-refractivity contribution < 1.29 is 9.42 Å². The van der Waals surface area contributed by atoms with Crippen LogP contribution in [0.5, 0.6) is 0 Å². The predicted octanol–water partition coefficient (Wildman–Crippen LogP) is 1.82. The first-order valence-corrected chi connectivity index (χ1v) is 7.16. The average molecular weight is 290 g/mol. The molecule has 6 nitrogen and oxygen atoms in total. The highest BCUT2D eigenvalue weighted by Gasteiger charge is 2.18. The minimum Gasteiger partial charge on any atom is -0.354 e. The third-order valence-corrected chi connectivity index (χ3v) is 3.48. The van der Waals surface area contributed by atoms with Crippen molar-refractivity contribution >= 4 is 16.9 Å². The maximum atomic E-state index is 12.1. The Morgan fingerprint density at radius 3 is 2.71 bits per heavy atom. The fourth-order valence-corrected chi connectivity index (χ4v) is 2.00. The van der Waals surface area contributed by atoms with Crippen LogP contribution in [0.1, 0.15) is 26.3 Å². The largest absolute Gasteiger partial charge is 0.354 e. The summed E-state index contributed by atoms with van der Waals surface area (Å²) in [6.45, 7) is 7.43. The van der Waals surface area contributed by atoms with Crippen LogP contribution < -0.4 is 5.32 Å². The van der Waals surface area contributed by atoms with Crippen LogP contribution in [0.25, 0.3) is 11.0 Å². The molecule has 1 aromatic heterocycles. The van der Waals surface area contributed by atoms with E-state index in [-0.39, 0.29) is 11.9 Å². The van der Waals surface area contributed by atoms with Crippen molar-refractivity contribution in [2.24, 2.45) is 5.92 Å². The molecule has 2 aromatic rings. The van der Waals surface area contributed by atoms with Crippen LogP contribution in [-0.2, 0) is 11.3 Å². The molecule has 1 N–H and O–H groups in total. The van der Waals surface area contributed by atoms with Crippen molar-refractivity contribution in [3.63, 3.8) is 0 Å². The first-order chi connectivity index (χ1) is 9.97. The van der Waals surface area contributed by atoms with Gasteiger partial charge in [-0.2, -0.15) is 0 Å². The van der Waals surface area contributed by atoms with Gasteiger partial charge in [-0.05, 0) is 47.9 Å². The number of rotatable bonds is 6. The Hall–Kier alpha value is -1.95. The van der Waals surface area contributed by atoms with Gasteiger partial charge in [0.05, 0.1) is 6.04 Å². The van der Waals surface area contributed by atoms with E-state index in [0.29, 0.717) is 19.0 Å². The zero-order valence-corrected chi connectivity index (χ0v) is 13.0. The number of benzene rings is 1. The highest BCUT2D eigenvalue weighted by molar-refractivity contribution is 5.81. The first-order valence-electron chi connectivity index (χ1n) is 7.16. The molecule has 1 heterocycles. The maximum Gasteiger partial charge on any atom is 0.237 e. The van der Waals surface area contributed by atoms with Gasteiger partial charge in [-0.1, -0.05) is 19.9 Å². The molecule has 1 amide bonds. The van der Waals surface area contributed by atoms with E-state index in [9.17, 15) is 4.79 Å². The van der Waals surface area contributed by atoms with Crippen LogP contribution in [0, 0.1) is 5.92 Å². The number of nitrogens with zero attached hydrogens (tertiary/aromatic N) is 3. The Bertz CT molecular complexity index is 608. The van der Waals surface area contributed by atoms with Gasteiger partial charge in [-0.15, -0.1) is 0 Å². The summed E-state index contributed by atoms with van der Waals surface area (Å²) in [5.74, 6) is 0.504. The van der Waals surface area contributed by atoms with Crippen LogP contribution in [0.2, 0.25) is 0 Å². The van der Waals surface area contributed by atoms with E-state index in [1.807, 2.05) is 37.1 Å². The number of carbonyl (C=O) groups is 1.